The van der Waals surface area contributed by atoms with Crippen molar-refractivity contribution in [2.45, 2.75) is 0 Å². The largest absolute Gasteiger partial charge is 0.405 e. The zero-order valence-corrected chi connectivity index (χ0v) is 7.83. The third kappa shape index (κ3) is 3.08. The van der Waals surface area contributed by atoms with E-state index in [0.29, 0.717) is 4.67 Å². The van der Waals surface area contributed by atoms with Gasteiger partial charge in [0, 0.05) is 0 Å². The van der Waals surface area contributed by atoms with Gasteiger partial charge in [0.25, 0.3) is 0 Å². The first-order valence-electron chi connectivity index (χ1n) is 2.06. The summed E-state index contributed by atoms with van der Waals surface area (Å²) >= 11 is 15.9. The van der Waals surface area contributed by atoms with Gasteiger partial charge in [-0.1, -0.05) is 0 Å². The Morgan fingerprint density at radius 3 is 2.00 bits per heavy atom. The highest BCUT2D eigenvalue weighted by molar-refractivity contribution is 8.31. The summed E-state index contributed by atoms with van der Waals surface area (Å²) in [4.78, 5) is 10.3. The number of halogens is 3. The number of hydrogen-bond acceptors (Lipinski definition) is 2. The van der Waals surface area contributed by atoms with Crippen LogP contribution in [0.25, 0.3) is 0 Å². The molecular formula is C2H5Cl3N2O2P+. The van der Waals surface area contributed by atoms with Gasteiger partial charge in [0.2, 0.25) is 0 Å². The average molecular weight is 226 g/mol. The molecule has 0 aliphatic carbocycles. The summed E-state index contributed by atoms with van der Waals surface area (Å²) in [5.74, 6) is 0. The summed E-state index contributed by atoms with van der Waals surface area (Å²) in [5.41, 5.74) is 1.68. The van der Waals surface area contributed by atoms with Crippen molar-refractivity contribution in [3.63, 3.8) is 0 Å². The summed E-state index contributed by atoms with van der Waals surface area (Å²) in [7, 11) is 0. The van der Waals surface area contributed by atoms with Crippen LogP contribution in [0, 0.1) is 0 Å². The molecule has 0 atom stereocenters. The van der Waals surface area contributed by atoms with E-state index >= 15 is 0 Å². The van der Waals surface area contributed by atoms with Crippen LogP contribution in [0.15, 0.2) is 0 Å². The van der Waals surface area contributed by atoms with Gasteiger partial charge in [-0.05, 0) is 0 Å². The van der Waals surface area contributed by atoms with Crippen LogP contribution >= 0.6 is 39.2 Å². The molecule has 0 rings (SSSR count). The second kappa shape index (κ2) is 3.79. The number of aliphatic hydroxyl groups is 1. The van der Waals surface area contributed by atoms with Crippen LogP contribution in [0.5, 0.6) is 0 Å². The van der Waals surface area contributed by atoms with Crippen molar-refractivity contribution in [1.82, 2.24) is 4.67 Å². The number of nitrogens with zero attached hydrogens (tertiary/aromatic N) is 1. The summed E-state index contributed by atoms with van der Waals surface area (Å²) in [5, 5.41) is 8.43. The number of amides is 2. The first-order chi connectivity index (χ1) is 4.39. The summed E-state index contributed by atoms with van der Waals surface area (Å²) < 4.78 is 0.581. The van der Waals surface area contributed by atoms with Gasteiger partial charge < -0.3 is 10.8 Å². The van der Waals surface area contributed by atoms with E-state index in [2.05, 4.69) is 0 Å². The highest BCUT2D eigenvalue weighted by Gasteiger charge is 2.44. The van der Waals surface area contributed by atoms with E-state index in [1.165, 1.54) is 0 Å². The van der Waals surface area contributed by atoms with E-state index < -0.39 is 18.2 Å². The van der Waals surface area contributed by atoms with Crippen molar-refractivity contribution in [2.75, 3.05) is 6.73 Å². The third-order valence-electron chi connectivity index (χ3n) is 0.662. The predicted molar refractivity (Wildman–Crippen MR) is 43.0 cm³/mol. The molecule has 0 aliphatic heterocycles. The average Bonchev–Trinajstić information content (AvgIpc) is 1.60. The second-order valence-corrected chi connectivity index (χ2v) is 8.58. The normalized spacial score (nSPS) is 11.2. The zero-order valence-electron chi connectivity index (χ0n) is 4.67. The molecular weight excluding hydrogens is 221 g/mol. The molecule has 0 heterocycles. The molecule has 2 amide bonds. The SMILES string of the molecule is NC(=O)N(CO)[P+](Cl)(Cl)Cl. The van der Waals surface area contributed by atoms with Crippen LogP contribution in [0.1, 0.15) is 0 Å². The molecule has 4 nitrogen and oxygen atoms in total. The molecule has 0 unspecified atom stereocenters. The Labute approximate surface area is 72.6 Å². The topological polar surface area (TPSA) is 66.6 Å². The number of carbonyl (C=O) groups excluding carboxylic acids is 1. The van der Waals surface area contributed by atoms with Crippen LogP contribution in [0.4, 0.5) is 4.79 Å². The Morgan fingerprint density at radius 2 is 2.00 bits per heavy atom. The van der Waals surface area contributed by atoms with E-state index in [1.807, 2.05) is 0 Å². The van der Waals surface area contributed by atoms with Crippen LogP contribution < -0.4 is 5.73 Å². The quantitative estimate of drug-likeness (QED) is 0.556. The second-order valence-electron chi connectivity index (χ2n) is 1.30. The Balaban J connectivity index is 4.22. The van der Waals surface area contributed by atoms with Gasteiger partial charge in [-0.25, -0.2) is 4.79 Å². The standard InChI is InChI=1S/C2H4Cl3N2O2P/c3-10(4,5)7(1-8)2(6)9/h8H,1H2,(H-,6,9)/p+1. The molecule has 0 aliphatic rings. The van der Waals surface area contributed by atoms with E-state index in [9.17, 15) is 4.79 Å². The Hall–Kier alpha value is 0.530. The zero-order chi connectivity index (χ0) is 8.36. The third-order valence-corrected chi connectivity index (χ3v) is 3.18. The maximum absolute atomic E-state index is 10.3. The number of nitrogens with two attached hydrogens (primary N) is 1. The number of primary amides is 1. The highest BCUT2D eigenvalue weighted by atomic mass is 36.1. The maximum Gasteiger partial charge on any atom is 0.405 e. The van der Waals surface area contributed by atoms with Crippen molar-refractivity contribution >= 4 is 45.2 Å². The summed E-state index contributed by atoms with van der Waals surface area (Å²) in [6.45, 7) is -0.681. The van der Waals surface area contributed by atoms with Crippen LogP contribution in [-0.2, 0) is 0 Å². The van der Waals surface area contributed by atoms with Gasteiger partial charge in [-0.3, -0.25) is 0 Å². The van der Waals surface area contributed by atoms with Gasteiger partial charge in [0.15, 0.2) is 40.5 Å². The number of urea groups is 1. The molecule has 0 radical (unpaired) electrons. The predicted octanol–water partition coefficient (Wildman–Crippen LogP) is 1.71. The first-order valence-corrected chi connectivity index (χ1v) is 6.51. The monoisotopic (exact) mass is 225 g/mol. The molecule has 0 saturated heterocycles. The first kappa shape index (κ1) is 10.5. The fourth-order valence-corrected chi connectivity index (χ4v) is 1.72. The summed E-state index contributed by atoms with van der Waals surface area (Å²) in [6, 6.07) is -0.948. The van der Waals surface area contributed by atoms with Crippen molar-refractivity contribution in [2.24, 2.45) is 5.73 Å². The lowest BCUT2D eigenvalue weighted by atomic mass is 11.0. The minimum absolute atomic E-state index is 0.581. The molecule has 0 aromatic heterocycles. The molecule has 8 heteroatoms. The molecule has 0 bridgehead atoms. The van der Waals surface area contributed by atoms with Crippen LogP contribution in [-0.4, -0.2) is 22.5 Å². The van der Waals surface area contributed by atoms with Crippen LogP contribution in [0.3, 0.4) is 0 Å². The Morgan fingerprint density at radius 1 is 1.60 bits per heavy atom. The fraction of sp³-hybridized carbons (Fsp3) is 0.500. The number of rotatable bonds is 2. The molecule has 0 saturated carbocycles. The molecule has 60 valence electrons. The van der Waals surface area contributed by atoms with Crippen LogP contribution in [0.2, 0.25) is 0 Å². The van der Waals surface area contributed by atoms with E-state index in [-0.39, 0.29) is 0 Å². The maximum atomic E-state index is 10.3. The smallest absolute Gasteiger partial charge is 0.372 e. The fourth-order valence-electron chi connectivity index (χ4n) is 0.253. The molecule has 10 heavy (non-hydrogen) atoms. The van der Waals surface area contributed by atoms with Crippen molar-refractivity contribution in [3.05, 3.63) is 0 Å². The Bertz CT molecular complexity index is 137. The molecule has 0 spiro atoms. The Kier molecular flexibility index (Phi) is 3.99. The van der Waals surface area contributed by atoms with Crippen molar-refractivity contribution < 1.29 is 9.90 Å². The lowest BCUT2D eigenvalue weighted by Gasteiger charge is -2.13. The number of carbonyl (C=O) groups is 1. The minimum atomic E-state index is -3.06. The van der Waals surface area contributed by atoms with Gasteiger partial charge in [0.05, 0.1) is 0 Å². The number of hydrogen-bond donors (Lipinski definition) is 2. The van der Waals surface area contributed by atoms with Gasteiger partial charge >= 0.3 is 11.5 Å². The van der Waals surface area contributed by atoms with E-state index in [0.717, 1.165) is 0 Å². The summed E-state index contributed by atoms with van der Waals surface area (Å²) in [6.07, 6.45) is 0. The van der Waals surface area contributed by atoms with E-state index in [4.69, 9.17) is 44.6 Å². The lowest BCUT2D eigenvalue weighted by Crippen LogP contribution is -2.31. The highest BCUT2D eigenvalue weighted by Crippen LogP contribution is 2.75. The molecule has 0 fully saturated rings. The molecule has 0 aromatic rings. The lowest BCUT2D eigenvalue weighted by molar-refractivity contribution is 0.182. The van der Waals surface area contributed by atoms with Gasteiger partial charge in [-0.2, -0.15) is 0 Å². The van der Waals surface area contributed by atoms with Crippen molar-refractivity contribution in [1.29, 1.82) is 0 Å². The van der Waals surface area contributed by atoms with E-state index in [1.54, 1.807) is 0 Å². The van der Waals surface area contributed by atoms with Crippen molar-refractivity contribution in [3.8, 4) is 0 Å². The minimum Gasteiger partial charge on any atom is -0.372 e. The van der Waals surface area contributed by atoms with Gasteiger partial charge in [-0.15, -0.1) is 4.67 Å². The van der Waals surface area contributed by atoms with Gasteiger partial charge in [0.1, 0.15) is 0 Å². The molecule has 3 N–H and O–H groups in total. The molecule has 0 aromatic carbocycles. The number of aliphatic hydroxyl groups excluding tert-OH is 1.